The molecule has 28 heavy (non-hydrogen) atoms. The van der Waals surface area contributed by atoms with E-state index in [1.54, 1.807) is 6.07 Å². The van der Waals surface area contributed by atoms with E-state index < -0.39 is 5.60 Å². The van der Waals surface area contributed by atoms with Crippen LogP contribution in [0.4, 0.5) is 5.69 Å². The molecule has 3 aromatic rings. The number of halogens is 1. The van der Waals surface area contributed by atoms with Crippen molar-refractivity contribution in [2.45, 2.75) is 19.4 Å². The van der Waals surface area contributed by atoms with Gasteiger partial charge in [0, 0.05) is 40.0 Å². The summed E-state index contributed by atoms with van der Waals surface area (Å²) in [5.41, 5.74) is 3.68. The molecule has 0 fully saturated rings. The lowest BCUT2D eigenvalue weighted by Crippen LogP contribution is -2.33. The molecule has 1 N–H and O–H groups in total. The van der Waals surface area contributed by atoms with Gasteiger partial charge in [-0.15, -0.1) is 0 Å². The van der Waals surface area contributed by atoms with Gasteiger partial charge < -0.3 is 14.8 Å². The van der Waals surface area contributed by atoms with Crippen LogP contribution < -0.4 is 10.1 Å². The standard InChI is InChI=1S/C23H18ClNO3/c1-3-25-14-8-9-17-21(11-14)27-20-10-13(2)19(24)12-18(20)23(17)16-7-5-4-6-15(16)22(26)28-23/h4-12,25H,3H2,1-2H3. The molecule has 1 unspecified atom stereocenters. The molecule has 0 radical (unpaired) electrons. The van der Waals surface area contributed by atoms with Crippen LogP contribution in [0.5, 0.6) is 11.5 Å². The van der Waals surface area contributed by atoms with E-state index in [-0.39, 0.29) is 5.97 Å². The normalized spacial score (nSPS) is 18.8. The molecule has 0 saturated heterocycles. The van der Waals surface area contributed by atoms with E-state index in [2.05, 4.69) is 5.32 Å². The van der Waals surface area contributed by atoms with E-state index in [1.807, 2.05) is 62.4 Å². The van der Waals surface area contributed by atoms with Gasteiger partial charge >= 0.3 is 5.97 Å². The molecule has 3 aromatic carbocycles. The summed E-state index contributed by atoms with van der Waals surface area (Å²) in [6.45, 7) is 4.77. The highest BCUT2D eigenvalue weighted by atomic mass is 35.5. The van der Waals surface area contributed by atoms with E-state index >= 15 is 0 Å². The maximum atomic E-state index is 12.8. The molecule has 1 atom stereocenters. The molecule has 5 heteroatoms. The second-order valence-corrected chi connectivity index (χ2v) is 7.46. The van der Waals surface area contributed by atoms with Crippen molar-refractivity contribution in [3.63, 3.8) is 0 Å². The number of rotatable bonds is 2. The van der Waals surface area contributed by atoms with Crippen LogP contribution in [0.3, 0.4) is 0 Å². The van der Waals surface area contributed by atoms with E-state index in [9.17, 15) is 4.79 Å². The molecule has 2 aliphatic rings. The van der Waals surface area contributed by atoms with Gasteiger partial charge in [-0.05, 0) is 49.7 Å². The van der Waals surface area contributed by atoms with Crippen molar-refractivity contribution >= 4 is 23.3 Å². The Balaban J connectivity index is 1.85. The van der Waals surface area contributed by atoms with Gasteiger partial charge in [0.15, 0.2) is 5.60 Å². The summed E-state index contributed by atoms with van der Waals surface area (Å²) < 4.78 is 12.4. The van der Waals surface area contributed by atoms with Gasteiger partial charge in [-0.3, -0.25) is 0 Å². The smallest absolute Gasteiger partial charge is 0.340 e. The van der Waals surface area contributed by atoms with Crippen LogP contribution in [0, 0.1) is 6.92 Å². The number of anilines is 1. The minimum absolute atomic E-state index is 0.346. The number of hydrogen-bond donors (Lipinski definition) is 1. The zero-order valence-corrected chi connectivity index (χ0v) is 16.3. The first-order valence-electron chi connectivity index (χ1n) is 9.24. The highest BCUT2D eigenvalue weighted by Crippen LogP contribution is 2.57. The predicted octanol–water partition coefficient (Wildman–Crippen LogP) is 5.65. The fourth-order valence-electron chi connectivity index (χ4n) is 4.11. The van der Waals surface area contributed by atoms with Gasteiger partial charge in [0.05, 0.1) is 5.56 Å². The second-order valence-electron chi connectivity index (χ2n) is 7.06. The van der Waals surface area contributed by atoms with Gasteiger partial charge in [0.1, 0.15) is 11.5 Å². The average molecular weight is 392 g/mol. The molecule has 4 nitrogen and oxygen atoms in total. The fourth-order valence-corrected chi connectivity index (χ4v) is 4.27. The summed E-state index contributed by atoms with van der Waals surface area (Å²) in [7, 11) is 0. The molecule has 5 rings (SSSR count). The Morgan fingerprint density at radius 3 is 2.61 bits per heavy atom. The molecule has 0 bridgehead atoms. The highest BCUT2D eigenvalue weighted by molar-refractivity contribution is 6.31. The Bertz CT molecular complexity index is 1140. The summed E-state index contributed by atoms with van der Waals surface area (Å²) in [5, 5.41) is 3.91. The van der Waals surface area contributed by atoms with Crippen molar-refractivity contribution < 1.29 is 14.3 Å². The van der Waals surface area contributed by atoms with Crippen LogP contribution in [-0.2, 0) is 10.3 Å². The number of aryl methyl sites for hydroxylation is 1. The predicted molar refractivity (Wildman–Crippen MR) is 109 cm³/mol. The average Bonchev–Trinajstić information content (AvgIpc) is 2.98. The molecule has 0 amide bonds. The van der Waals surface area contributed by atoms with Crippen LogP contribution in [0.2, 0.25) is 5.02 Å². The molecule has 2 aliphatic heterocycles. The molecular formula is C23H18ClNO3. The van der Waals surface area contributed by atoms with Crippen molar-refractivity contribution in [1.82, 2.24) is 0 Å². The third-order valence-corrected chi connectivity index (χ3v) is 5.78. The lowest BCUT2D eigenvalue weighted by Gasteiger charge is -2.37. The van der Waals surface area contributed by atoms with Gasteiger partial charge in [-0.25, -0.2) is 4.79 Å². The summed E-state index contributed by atoms with van der Waals surface area (Å²) in [6, 6.07) is 17.1. The largest absolute Gasteiger partial charge is 0.456 e. The van der Waals surface area contributed by atoms with Crippen molar-refractivity contribution in [3.8, 4) is 11.5 Å². The fraction of sp³-hybridized carbons (Fsp3) is 0.174. The van der Waals surface area contributed by atoms with Gasteiger partial charge in [0.25, 0.3) is 0 Å². The van der Waals surface area contributed by atoms with Crippen LogP contribution in [-0.4, -0.2) is 12.5 Å². The van der Waals surface area contributed by atoms with Crippen LogP contribution >= 0.6 is 11.6 Å². The summed E-state index contributed by atoms with van der Waals surface area (Å²) >= 11 is 6.46. The van der Waals surface area contributed by atoms with E-state index in [4.69, 9.17) is 21.1 Å². The third kappa shape index (κ3) is 2.21. The number of fused-ring (bicyclic) bond motifs is 6. The highest BCUT2D eigenvalue weighted by Gasteiger charge is 2.53. The monoisotopic (exact) mass is 391 g/mol. The number of carbonyl (C=O) groups excluding carboxylic acids is 1. The molecule has 0 aliphatic carbocycles. The van der Waals surface area contributed by atoms with Gasteiger partial charge in [-0.2, -0.15) is 0 Å². The minimum Gasteiger partial charge on any atom is -0.456 e. The Hall–Kier alpha value is -2.98. The first-order chi connectivity index (χ1) is 13.5. The zero-order valence-electron chi connectivity index (χ0n) is 15.5. The van der Waals surface area contributed by atoms with Gasteiger partial charge in [0.2, 0.25) is 0 Å². The SMILES string of the molecule is CCNc1ccc2c(c1)Oc1cc(C)c(Cl)cc1C21OC(=O)c2ccccc21. The maximum absolute atomic E-state index is 12.8. The number of ether oxygens (including phenoxy) is 2. The Labute approximate surface area is 168 Å². The first kappa shape index (κ1) is 17.1. The number of nitrogens with one attached hydrogen (secondary N) is 1. The first-order valence-corrected chi connectivity index (χ1v) is 9.62. The van der Waals surface area contributed by atoms with Crippen LogP contribution in [0.1, 0.15) is 39.5 Å². The van der Waals surface area contributed by atoms with Crippen molar-refractivity contribution in [2.75, 3.05) is 11.9 Å². The van der Waals surface area contributed by atoms with E-state index in [0.29, 0.717) is 22.1 Å². The summed E-state index contributed by atoms with van der Waals surface area (Å²) in [6.07, 6.45) is 0. The molecular weight excluding hydrogens is 374 g/mol. The quantitative estimate of drug-likeness (QED) is 0.573. The van der Waals surface area contributed by atoms with Crippen LogP contribution in [0.15, 0.2) is 54.6 Å². The van der Waals surface area contributed by atoms with Crippen molar-refractivity contribution in [3.05, 3.63) is 87.4 Å². The van der Waals surface area contributed by atoms with Crippen LogP contribution in [0.25, 0.3) is 0 Å². The van der Waals surface area contributed by atoms with Gasteiger partial charge in [-0.1, -0.05) is 29.8 Å². The minimum atomic E-state index is -1.07. The molecule has 0 aromatic heterocycles. The molecule has 1 spiro atoms. The third-order valence-electron chi connectivity index (χ3n) is 5.37. The lowest BCUT2D eigenvalue weighted by atomic mass is 9.77. The van der Waals surface area contributed by atoms with Crippen molar-refractivity contribution in [1.29, 1.82) is 0 Å². The molecule has 2 heterocycles. The summed E-state index contributed by atoms with van der Waals surface area (Å²) in [4.78, 5) is 12.8. The Kier molecular flexibility index (Phi) is 3.68. The second kappa shape index (κ2) is 6.01. The van der Waals surface area contributed by atoms with E-state index in [0.717, 1.165) is 34.5 Å². The number of benzene rings is 3. The molecule has 140 valence electrons. The summed E-state index contributed by atoms with van der Waals surface area (Å²) in [5.74, 6) is 0.964. The maximum Gasteiger partial charge on any atom is 0.340 e. The zero-order chi connectivity index (χ0) is 19.5. The Morgan fingerprint density at radius 1 is 1.00 bits per heavy atom. The van der Waals surface area contributed by atoms with Crippen molar-refractivity contribution in [2.24, 2.45) is 0 Å². The number of esters is 1. The molecule has 0 saturated carbocycles. The lowest BCUT2D eigenvalue weighted by molar-refractivity contribution is 0.0224. The number of hydrogen-bond acceptors (Lipinski definition) is 4. The topological polar surface area (TPSA) is 47.6 Å². The number of carbonyl (C=O) groups is 1. The Morgan fingerprint density at radius 2 is 1.79 bits per heavy atom. The van der Waals surface area contributed by atoms with E-state index in [1.165, 1.54) is 0 Å².